The molecule has 0 saturated carbocycles. The highest BCUT2D eigenvalue weighted by atomic mass is 35.5. The Morgan fingerprint density at radius 3 is 1.32 bits per heavy atom. The number of nitrogens with one attached hydrogen (secondary N) is 2. The van der Waals surface area contributed by atoms with Gasteiger partial charge in [0, 0.05) is 58.1 Å². The van der Waals surface area contributed by atoms with Crippen LogP contribution in [0.25, 0.3) is 0 Å². The Bertz CT molecular complexity index is 3020. The second-order valence-electron chi connectivity index (χ2n) is 14.0. The summed E-state index contributed by atoms with van der Waals surface area (Å²) < 4.78 is 138. The molecular weight excluding hydrogens is 1010 g/mol. The number of carbonyl (C=O) groups is 4. The van der Waals surface area contributed by atoms with Crippen LogP contribution in [0.2, 0.25) is 10.0 Å². The number of methoxy groups -OCH3 is 3. The van der Waals surface area contributed by atoms with E-state index in [0.29, 0.717) is 11.1 Å². The van der Waals surface area contributed by atoms with E-state index in [1.165, 1.54) is 24.5 Å². The van der Waals surface area contributed by atoms with Gasteiger partial charge in [0.2, 0.25) is 0 Å². The average Bonchev–Trinajstić information content (AvgIpc) is 3.27. The number of aromatic nitrogens is 2. The molecule has 0 aliphatic rings. The van der Waals surface area contributed by atoms with Crippen LogP contribution < -0.4 is 44.8 Å². The molecule has 0 aliphatic heterocycles. The summed E-state index contributed by atoms with van der Waals surface area (Å²) in [5.41, 5.74) is 4.99. The van der Waals surface area contributed by atoms with Gasteiger partial charge in [0.15, 0.2) is 23.0 Å². The van der Waals surface area contributed by atoms with E-state index < -0.39 is 70.7 Å². The summed E-state index contributed by atoms with van der Waals surface area (Å²) in [6, 6.07) is 12.3. The summed E-state index contributed by atoms with van der Waals surface area (Å²) in [7, 11) is 3.48. The van der Waals surface area contributed by atoms with E-state index in [-0.39, 0.29) is 67.3 Å². The number of rotatable bonds is 14. The summed E-state index contributed by atoms with van der Waals surface area (Å²) >= 11 is 11.9. The van der Waals surface area contributed by atoms with Gasteiger partial charge in [0.25, 0.3) is 17.7 Å². The van der Waals surface area contributed by atoms with Crippen molar-refractivity contribution in [3.63, 3.8) is 0 Å². The number of nitrogens with two attached hydrogens (primary N) is 1. The number of carbonyl (C=O) groups excluding carboxylic acids is 4. The standard InChI is InChI=1S/C23H17ClF4N2O6.C22H16ClF4N3O5/c1-11-10-29-16(22(32)34-3)9-15(11)30-21(31)20-14(25)6-12(24)7-19(20)35-17-5-4-13(8-18(17)33-2)36-23(26,27)28;1-10-9-29-15(20(28)31)8-14(10)30-21(32)19-13(24)5-11(23)6-18(19)34-16-4-3-12(7-17(16)33-2)35-22(25,26)27/h4-10H,1-3H3,(H,29,30,31);3-9H,1-2H3,(H2,28,31)(H,29,30,32). The third kappa shape index (κ3) is 14.5. The minimum absolute atomic E-state index is 0.0997. The highest BCUT2D eigenvalue weighted by Gasteiger charge is 2.33. The second kappa shape index (κ2) is 22.5. The number of primary amides is 1. The number of amides is 3. The lowest BCUT2D eigenvalue weighted by Gasteiger charge is -2.16. The van der Waals surface area contributed by atoms with Crippen molar-refractivity contribution >= 4 is 58.3 Å². The minimum Gasteiger partial charge on any atom is -0.493 e. The number of nitrogens with zero attached hydrogens (tertiary/aromatic N) is 2. The van der Waals surface area contributed by atoms with Crippen molar-refractivity contribution in [2.24, 2.45) is 5.73 Å². The lowest BCUT2D eigenvalue weighted by atomic mass is 10.1. The van der Waals surface area contributed by atoms with Crippen LogP contribution in [0.5, 0.6) is 46.0 Å². The van der Waals surface area contributed by atoms with Crippen molar-refractivity contribution in [1.82, 2.24) is 9.97 Å². The number of esters is 1. The van der Waals surface area contributed by atoms with Gasteiger partial charge in [-0.2, -0.15) is 0 Å². The van der Waals surface area contributed by atoms with Gasteiger partial charge < -0.3 is 49.5 Å². The molecule has 4 aromatic carbocycles. The fourth-order valence-electron chi connectivity index (χ4n) is 5.83. The van der Waals surface area contributed by atoms with E-state index in [0.717, 1.165) is 82.0 Å². The number of benzene rings is 4. The van der Waals surface area contributed by atoms with Crippen molar-refractivity contribution in [3.05, 3.63) is 141 Å². The molecule has 374 valence electrons. The van der Waals surface area contributed by atoms with Crippen molar-refractivity contribution in [1.29, 1.82) is 0 Å². The number of pyridine rings is 2. The van der Waals surface area contributed by atoms with Crippen LogP contribution in [0.4, 0.5) is 46.5 Å². The maximum absolute atomic E-state index is 14.9. The molecular formula is C45H33Cl2F8N5O11. The monoisotopic (exact) mass is 1040 g/mol. The Morgan fingerprint density at radius 2 is 0.958 bits per heavy atom. The SMILES string of the molecule is COC(=O)c1cc(NC(=O)c2c(F)cc(Cl)cc2Oc2ccc(OC(F)(F)F)cc2OC)c(C)cn1.COc1cc(OC(F)(F)F)ccc1Oc1cc(Cl)cc(F)c1C(=O)Nc1cc(C(N)=O)ncc1C. The topological polar surface area (TPSA) is 209 Å². The van der Waals surface area contributed by atoms with E-state index >= 15 is 0 Å². The molecule has 0 atom stereocenters. The maximum Gasteiger partial charge on any atom is 0.573 e. The maximum atomic E-state index is 14.9. The molecule has 2 aromatic heterocycles. The summed E-state index contributed by atoms with van der Waals surface area (Å²) in [5, 5.41) is 4.67. The highest BCUT2D eigenvalue weighted by Crippen LogP contribution is 2.41. The van der Waals surface area contributed by atoms with Crippen LogP contribution in [0.15, 0.2) is 85.2 Å². The minimum atomic E-state index is -4.94. The lowest BCUT2D eigenvalue weighted by molar-refractivity contribution is -0.275. The van der Waals surface area contributed by atoms with E-state index in [4.69, 9.17) is 47.9 Å². The number of hydrogen-bond donors (Lipinski definition) is 3. The molecule has 0 aliphatic carbocycles. The van der Waals surface area contributed by atoms with Gasteiger partial charge >= 0.3 is 18.7 Å². The fraction of sp³-hybridized carbons (Fsp3) is 0.156. The molecule has 4 N–H and O–H groups in total. The van der Waals surface area contributed by atoms with Gasteiger partial charge in [-0.05, 0) is 73.5 Å². The summed E-state index contributed by atoms with van der Waals surface area (Å²) in [6.45, 7) is 3.17. The smallest absolute Gasteiger partial charge is 0.493 e. The van der Waals surface area contributed by atoms with Gasteiger partial charge in [-0.3, -0.25) is 19.4 Å². The largest absolute Gasteiger partial charge is 0.573 e. The lowest BCUT2D eigenvalue weighted by Crippen LogP contribution is -2.18. The molecule has 26 heteroatoms. The summed E-state index contributed by atoms with van der Waals surface area (Å²) in [6.07, 6.45) is -7.27. The van der Waals surface area contributed by atoms with Gasteiger partial charge in [0.1, 0.15) is 57.1 Å². The Morgan fingerprint density at radius 1 is 0.563 bits per heavy atom. The Balaban J connectivity index is 0.000000264. The van der Waals surface area contributed by atoms with Crippen molar-refractivity contribution in [3.8, 4) is 46.0 Å². The quantitative estimate of drug-likeness (QED) is 0.0686. The van der Waals surface area contributed by atoms with Crippen LogP contribution in [-0.4, -0.2) is 67.7 Å². The second-order valence-corrected chi connectivity index (χ2v) is 14.9. The number of ether oxygens (including phenoxy) is 7. The number of hydrogen-bond acceptors (Lipinski definition) is 13. The fourth-order valence-corrected chi connectivity index (χ4v) is 6.22. The zero-order valence-electron chi connectivity index (χ0n) is 36.8. The van der Waals surface area contributed by atoms with Crippen molar-refractivity contribution in [2.45, 2.75) is 26.6 Å². The first kappa shape index (κ1) is 53.8. The number of aryl methyl sites for hydroxylation is 2. The molecule has 3 amide bonds. The molecule has 0 saturated heterocycles. The molecule has 6 rings (SSSR count). The third-order valence-electron chi connectivity index (χ3n) is 9.02. The van der Waals surface area contributed by atoms with Crippen LogP contribution in [0.3, 0.4) is 0 Å². The Hall–Kier alpha value is -8.12. The van der Waals surface area contributed by atoms with Crippen molar-refractivity contribution < 1.29 is 87.5 Å². The van der Waals surface area contributed by atoms with E-state index in [1.807, 2.05) is 0 Å². The molecule has 0 fully saturated rings. The van der Waals surface area contributed by atoms with Gasteiger partial charge in [-0.25, -0.2) is 18.6 Å². The molecule has 0 bridgehead atoms. The van der Waals surface area contributed by atoms with Crippen LogP contribution in [-0.2, 0) is 4.74 Å². The average molecular weight is 1040 g/mol. The van der Waals surface area contributed by atoms with Gasteiger partial charge in [0.05, 0.1) is 21.3 Å². The normalized spacial score (nSPS) is 11.0. The molecule has 6 aromatic rings. The molecule has 0 radical (unpaired) electrons. The summed E-state index contributed by atoms with van der Waals surface area (Å²) in [5.74, 6) is -8.26. The number of anilines is 2. The number of alkyl halides is 6. The molecule has 0 unspecified atom stereocenters. The van der Waals surface area contributed by atoms with Gasteiger partial charge in [-0.15, -0.1) is 26.3 Å². The predicted octanol–water partition coefficient (Wildman–Crippen LogP) is 11.2. The van der Waals surface area contributed by atoms with Crippen LogP contribution in [0, 0.1) is 25.5 Å². The molecule has 71 heavy (non-hydrogen) atoms. The van der Waals surface area contributed by atoms with Crippen LogP contribution in [0.1, 0.15) is 52.8 Å². The Labute approximate surface area is 405 Å². The van der Waals surface area contributed by atoms with E-state index in [2.05, 4.69) is 34.8 Å². The summed E-state index contributed by atoms with van der Waals surface area (Å²) in [4.78, 5) is 56.9. The van der Waals surface area contributed by atoms with E-state index in [1.54, 1.807) is 13.8 Å². The zero-order chi connectivity index (χ0) is 52.5. The first-order valence-corrected chi connectivity index (χ1v) is 20.2. The van der Waals surface area contributed by atoms with Crippen molar-refractivity contribution in [2.75, 3.05) is 32.0 Å². The first-order chi connectivity index (χ1) is 33.3. The number of halogens is 10. The molecule has 16 nitrogen and oxygen atoms in total. The molecule has 0 spiro atoms. The zero-order valence-corrected chi connectivity index (χ0v) is 38.3. The highest BCUT2D eigenvalue weighted by molar-refractivity contribution is 6.31. The molecule has 2 heterocycles. The van der Waals surface area contributed by atoms with Gasteiger partial charge in [-0.1, -0.05) is 23.2 Å². The van der Waals surface area contributed by atoms with Crippen LogP contribution >= 0.6 is 23.2 Å². The third-order valence-corrected chi connectivity index (χ3v) is 9.46. The predicted molar refractivity (Wildman–Crippen MR) is 236 cm³/mol. The van der Waals surface area contributed by atoms with E-state index in [9.17, 15) is 54.3 Å². The first-order valence-electron chi connectivity index (χ1n) is 19.4. The Kier molecular flexibility index (Phi) is 17.1.